The maximum atomic E-state index is 10.6. The van der Waals surface area contributed by atoms with Crippen molar-refractivity contribution in [2.45, 2.75) is 19.4 Å². The molecule has 0 aromatic heterocycles. The van der Waals surface area contributed by atoms with Crippen molar-refractivity contribution in [2.75, 3.05) is 7.11 Å². The molecule has 0 rings (SSSR count). The van der Waals surface area contributed by atoms with E-state index < -0.39 is 11.5 Å². The first-order valence-corrected chi connectivity index (χ1v) is 2.52. The molecule has 0 aliphatic rings. The van der Waals surface area contributed by atoms with E-state index in [9.17, 15) is 4.79 Å². The molecule has 62 valence electrons. The largest absolute Gasteiger partial charge is 0.361 e. The molecule has 0 amide bonds. The number of hydrogen-bond donors (Lipinski definition) is 1. The molecule has 0 radical (unpaired) electrons. The van der Waals surface area contributed by atoms with Crippen LogP contribution in [0.2, 0.25) is 0 Å². The van der Waals surface area contributed by atoms with E-state index in [2.05, 4.69) is 9.78 Å². The Morgan fingerprint density at radius 1 is 1.50 bits per heavy atom. The van der Waals surface area contributed by atoms with Crippen molar-refractivity contribution in [3.63, 3.8) is 0 Å². The summed E-state index contributed by atoms with van der Waals surface area (Å²) in [5, 5.41) is 0. The Kier molecular flexibility index (Phi) is 5.55. The fourth-order valence-electron chi connectivity index (χ4n) is 0.183. The van der Waals surface area contributed by atoms with Crippen LogP contribution in [0.4, 0.5) is 0 Å². The average molecular weight is 170 g/mol. The average Bonchev–Trinajstić information content (AvgIpc) is 1.64. The van der Waals surface area contributed by atoms with Gasteiger partial charge in [0.15, 0.2) is 0 Å². The molecule has 0 aliphatic heterocycles. The standard InChI is InChI=1S/C5H11NO3.ClH/c1-5(2,6)4(7)9-8-3;/h6H2,1-3H3;1H. The Balaban J connectivity index is 0. The van der Waals surface area contributed by atoms with E-state index in [0.717, 1.165) is 0 Å². The lowest BCUT2D eigenvalue weighted by Gasteiger charge is -2.13. The molecule has 0 aromatic carbocycles. The first kappa shape index (κ1) is 12.4. The Morgan fingerprint density at radius 2 is 1.90 bits per heavy atom. The van der Waals surface area contributed by atoms with Crippen LogP contribution in [-0.4, -0.2) is 18.6 Å². The van der Waals surface area contributed by atoms with Crippen LogP contribution >= 0.6 is 12.4 Å². The first-order chi connectivity index (χ1) is 3.98. The number of halogens is 1. The number of nitrogens with two attached hydrogens (primary N) is 1. The third kappa shape index (κ3) is 4.55. The summed E-state index contributed by atoms with van der Waals surface area (Å²) in [5.74, 6) is -0.579. The molecule has 5 heteroatoms. The third-order valence-corrected chi connectivity index (χ3v) is 0.685. The fourth-order valence-corrected chi connectivity index (χ4v) is 0.183. The minimum absolute atomic E-state index is 0. The van der Waals surface area contributed by atoms with Gasteiger partial charge in [0.2, 0.25) is 0 Å². The van der Waals surface area contributed by atoms with Crippen LogP contribution in [0.1, 0.15) is 13.8 Å². The van der Waals surface area contributed by atoms with Crippen molar-refractivity contribution in [1.29, 1.82) is 0 Å². The summed E-state index contributed by atoms with van der Waals surface area (Å²) in [6.45, 7) is 3.07. The summed E-state index contributed by atoms with van der Waals surface area (Å²) in [5.41, 5.74) is 4.33. The molecular formula is C5H12ClNO3. The number of carbonyl (C=O) groups excluding carboxylic acids is 1. The highest BCUT2D eigenvalue weighted by atomic mass is 35.5. The van der Waals surface area contributed by atoms with E-state index in [1.54, 1.807) is 0 Å². The van der Waals surface area contributed by atoms with Gasteiger partial charge in [0.1, 0.15) is 5.54 Å². The van der Waals surface area contributed by atoms with Gasteiger partial charge in [-0.3, -0.25) is 4.89 Å². The summed E-state index contributed by atoms with van der Waals surface area (Å²) >= 11 is 0. The van der Waals surface area contributed by atoms with Gasteiger partial charge in [-0.15, -0.1) is 12.4 Å². The summed E-state index contributed by atoms with van der Waals surface area (Å²) in [7, 11) is 1.25. The highest BCUT2D eigenvalue weighted by molar-refractivity contribution is 5.85. The van der Waals surface area contributed by atoms with Gasteiger partial charge in [-0.25, -0.2) is 4.79 Å². The molecule has 4 nitrogen and oxygen atoms in total. The highest BCUT2D eigenvalue weighted by Crippen LogP contribution is 1.98. The van der Waals surface area contributed by atoms with Crippen molar-refractivity contribution in [3.05, 3.63) is 0 Å². The number of carbonyl (C=O) groups is 1. The summed E-state index contributed by atoms with van der Waals surface area (Å²) in [6, 6.07) is 0. The molecule has 0 fully saturated rings. The van der Waals surface area contributed by atoms with E-state index in [1.165, 1.54) is 21.0 Å². The normalized spacial score (nSPS) is 10.0. The molecule has 0 atom stereocenters. The molecule has 0 saturated heterocycles. The molecule has 2 N–H and O–H groups in total. The molecule has 0 aliphatic carbocycles. The Morgan fingerprint density at radius 3 is 2.00 bits per heavy atom. The second-order valence-corrected chi connectivity index (χ2v) is 2.26. The monoisotopic (exact) mass is 169 g/mol. The van der Waals surface area contributed by atoms with Crippen LogP contribution in [0, 0.1) is 0 Å². The molecule has 0 unspecified atom stereocenters. The second-order valence-electron chi connectivity index (χ2n) is 2.26. The van der Waals surface area contributed by atoms with Crippen LogP contribution in [-0.2, 0) is 14.6 Å². The van der Waals surface area contributed by atoms with Crippen LogP contribution in [0.5, 0.6) is 0 Å². The Labute approximate surface area is 66.0 Å². The van der Waals surface area contributed by atoms with Gasteiger partial charge < -0.3 is 5.73 Å². The summed E-state index contributed by atoms with van der Waals surface area (Å²) in [6.07, 6.45) is 0. The number of hydrogen-bond acceptors (Lipinski definition) is 4. The Bertz CT molecular complexity index is 110. The molecule has 0 aromatic rings. The fraction of sp³-hybridized carbons (Fsp3) is 0.800. The zero-order chi connectivity index (χ0) is 7.49. The maximum absolute atomic E-state index is 10.6. The van der Waals surface area contributed by atoms with Gasteiger partial charge in [0.25, 0.3) is 0 Å². The lowest BCUT2D eigenvalue weighted by Crippen LogP contribution is -2.42. The predicted octanol–water partition coefficient (Wildman–Crippen LogP) is 0.250. The van der Waals surface area contributed by atoms with Gasteiger partial charge in [-0.05, 0) is 13.8 Å². The van der Waals surface area contributed by atoms with Gasteiger partial charge in [0, 0.05) is 0 Å². The summed E-state index contributed by atoms with van der Waals surface area (Å²) < 4.78 is 0. The zero-order valence-corrected chi connectivity index (χ0v) is 7.03. The molecule has 0 bridgehead atoms. The van der Waals surface area contributed by atoms with Crippen LogP contribution in [0.3, 0.4) is 0 Å². The molecule has 10 heavy (non-hydrogen) atoms. The Hall–Kier alpha value is -0.320. The van der Waals surface area contributed by atoms with Crippen LogP contribution < -0.4 is 5.73 Å². The van der Waals surface area contributed by atoms with E-state index >= 15 is 0 Å². The van der Waals surface area contributed by atoms with Gasteiger partial charge in [-0.1, -0.05) is 0 Å². The maximum Gasteiger partial charge on any atom is 0.361 e. The molecular weight excluding hydrogens is 158 g/mol. The highest BCUT2D eigenvalue weighted by Gasteiger charge is 2.24. The number of rotatable bonds is 2. The van der Waals surface area contributed by atoms with Crippen molar-refractivity contribution < 1.29 is 14.6 Å². The van der Waals surface area contributed by atoms with Crippen LogP contribution in [0.25, 0.3) is 0 Å². The smallest absolute Gasteiger partial charge is 0.316 e. The SMILES string of the molecule is COOC(=O)C(C)(C)N.Cl. The lowest BCUT2D eigenvalue weighted by atomic mass is 10.1. The van der Waals surface area contributed by atoms with E-state index in [-0.39, 0.29) is 12.4 Å². The van der Waals surface area contributed by atoms with Gasteiger partial charge in [0.05, 0.1) is 7.11 Å². The quantitative estimate of drug-likeness (QED) is 0.476. The summed E-state index contributed by atoms with van der Waals surface area (Å²) in [4.78, 5) is 18.8. The van der Waals surface area contributed by atoms with Crippen LogP contribution in [0.15, 0.2) is 0 Å². The van der Waals surface area contributed by atoms with Crippen molar-refractivity contribution in [2.24, 2.45) is 5.73 Å². The van der Waals surface area contributed by atoms with E-state index in [4.69, 9.17) is 5.73 Å². The van der Waals surface area contributed by atoms with Gasteiger partial charge in [-0.2, -0.15) is 4.89 Å². The minimum atomic E-state index is -0.976. The first-order valence-electron chi connectivity index (χ1n) is 2.52. The predicted molar refractivity (Wildman–Crippen MR) is 38.6 cm³/mol. The second kappa shape index (κ2) is 4.49. The minimum Gasteiger partial charge on any atom is -0.316 e. The van der Waals surface area contributed by atoms with Crippen molar-refractivity contribution >= 4 is 18.4 Å². The van der Waals surface area contributed by atoms with Gasteiger partial charge >= 0.3 is 5.97 Å². The topological polar surface area (TPSA) is 61.5 Å². The van der Waals surface area contributed by atoms with Crippen molar-refractivity contribution in [1.82, 2.24) is 0 Å². The molecule has 0 heterocycles. The van der Waals surface area contributed by atoms with E-state index in [1.807, 2.05) is 0 Å². The molecule has 0 spiro atoms. The van der Waals surface area contributed by atoms with Crippen molar-refractivity contribution in [3.8, 4) is 0 Å². The lowest BCUT2D eigenvalue weighted by molar-refractivity contribution is -0.259. The third-order valence-electron chi connectivity index (χ3n) is 0.685. The molecule has 0 saturated carbocycles. The van der Waals surface area contributed by atoms with E-state index in [0.29, 0.717) is 0 Å². The zero-order valence-electron chi connectivity index (χ0n) is 6.21.